The topological polar surface area (TPSA) is 86.8 Å². The van der Waals surface area contributed by atoms with Gasteiger partial charge in [-0.25, -0.2) is 8.42 Å². The normalized spacial score (nSPS) is 12.2. The van der Waals surface area contributed by atoms with Crippen molar-refractivity contribution in [2.45, 2.75) is 39.3 Å². The maximum Gasteiger partial charge on any atom is 0.244 e. The standard InChI is InChI=1S/C23H28Cl3N3O4S/c1-4-10-27-23(31)21(5-2)28(14-16-8-6-7-9-20(16)26)22(30)15-29(34(3,32)33)19-12-17(24)11-18(25)13-19/h6-9,11-13,21H,4-5,10,14-15H2,1-3H3,(H,27,31)/t21-/m1/s1. The van der Waals surface area contributed by atoms with Crippen LogP contribution < -0.4 is 9.62 Å². The first kappa shape index (κ1) is 28.2. The fourth-order valence-electron chi connectivity index (χ4n) is 3.39. The molecule has 0 fully saturated rings. The van der Waals surface area contributed by atoms with E-state index in [2.05, 4.69) is 5.32 Å². The number of nitrogens with zero attached hydrogens (tertiary/aromatic N) is 2. The van der Waals surface area contributed by atoms with Gasteiger partial charge in [-0.05, 0) is 42.7 Å². The number of nitrogens with one attached hydrogen (secondary N) is 1. The zero-order valence-electron chi connectivity index (χ0n) is 19.2. The lowest BCUT2D eigenvalue weighted by Crippen LogP contribution is -2.52. The van der Waals surface area contributed by atoms with Crippen molar-refractivity contribution in [3.05, 3.63) is 63.1 Å². The minimum atomic E-state index is -3.89. The van der Waals surface area contributed by atoms with Crippen molar-refractivity contribution in [3.8, 4) is 0 Å². The third-order valence-corrected chi connectivity index (χ3v) is 6.99. The number of carbonyl (C=O) groups excluding carboxylic acids is 2. The van der Waals surface area contributed by atoms with Crippen LogP contribution >= 0.6 is 34.8 Å². The number of carbonyl (C=O) groups is 2. The second-order valence-corrected chi connectivity index (χ2v) is 10.9. The van der Waals surface area contributed by atoms with Crippen molar-refractivity contribution < 1.29 is 18.0 Å². The van der Waals surface area contributed by atoms with Crippen molar-refractivity contribution in [1.82, 2.24) is 10.2 Å². The molecule has 34 heavy (non-hydrogen) atoms. The first-order valence-corrected chi connectivity index (χ1v) is 13.7. The predicted octanol–water partition coefficient (Wildman–Crippen LogP) is 4.75. The molecule has 0 bridgehead atoms. The van der Waals surface area contributed by atoms with Gasteiger partial charge in [-0.15, -0.1) is 0 Å². The van der Waals surface area contributed by atoms with E-state index in [0.717, 1.165) is 17.0 Å². The van der Waals surface area contributed by atoms with Crippen LogP contribution in [0.4, 0.5) is 5.69 Å². The van der Waals surface area contributed by atoms with Crippen LogP contribution in [0.25, 0.3) is 0 Å². The molecule has 0 unspecified atom stereocenters. The van der Waals surface area contributed by atoms with E-state index >= 15 is 0 Å². The molecule has 2 aromatic carbocycles. The summed E-state index contributed by atoms with van der Waals surface area (Å²) >= 11 is 18.4. The van der Waals surface area contributed by atoms with Crippen LogP contribution in [-0.4, -0.2) is 50.5 Å². The van der Waals surface area contributed by atoms with Crippen LogP contribution in [0.1, 0.15) is 32.3 Å². The first-order valence-electron chi connectivity index (χ1n) is 10.7. The van der Waals surface area contributed by atoms with Crippen LogP contribution in [0.3, 0.4) is 0 Å². The minimum absolute atomic E-state index is 0.0322. The molecule has 2 aromatic rings. The molecule has 0 saturated carbocycles. The molecule has 11 heteroatoms. The number of halogens is 3. The SMILES string of the molecule is CCCNC(=O)[C@@H](CC)N(Cc1ccccc1Cl)C(=O)CN(c1cc(Cl)cc(Cl)c1)S(C)(=O)=O. The van der Waals surface area contributed by atoms with Gasteiger partial charge in [0, 0.05) is 28.2 Å². The third kappa shape index (κ3) is 7.77. The molecular formula is C23H28Cl3N3O4S. The molecule has 186 valence electrons. The predicted molar refractivity (Wildman–Crippen MR) is 138 cm³/mol. The molecule has 0 aliphatic heterocycles. The van der Waals surface area contributed by atoms with E-state index in [1.54, 1.807) is 31.2 Å². The van der Waals surface area contributed by atoms with E-state index in [4.69, 9.17) is 34.8 Å². The summed E-state index contributed by atoms with van der Waals surface area (Å²) < 4.78 is 26.1. The average molecular weight is 549 g/mol. The summed E-state index contributed by atoms with van der Waals surface area (Å²) in [5.41, 5.74) is 0.783. The van der Waals surface area contributed by atoms with Crippen LogP contribution in [0.2, 0.25) is 15.1 Å². The Morgan fingerprint density at radius 2 is 1.65 bits per heavy atom. The highest BCUT2D eigenvalue weighted by molar-refractivity contribution is 7.92. The molecule has 0 radical (unpaired) electrons. The quantitative estimate of drug-likeness (QED) is 0.439. The second kappa shape index (κ2) is 12.6. The van der Waals surface area contributed by atoms with Gasteiger partial charge < -0.3 is 10.2 Å². The molecule has 1 atom stereocenters. The van der Waals surface area contributed by atoms with Crippen molar-refractivity contribution in [3.63, 3.8) is 0 Å². The Labute approximate surface area is 216 Å². The molecule has 0 aromatic heterocycles. The van der Waals surface area contributed by atoms with Crippen molar-refractivity contribution in [2.75, 3.05) is 23.7 Å². The number of sulfonamides is 1. The number of benzene rings is 2. The van der Waals surface area contributed by atoms with Crippen molar-refractivity contribution >= 4 is 62.3 Å². The van der Waals surface area contributed by atoms with E-state index < -0.39 is 28.5 Å². The summed E-state index contributed by atoms with van der Waals surface area (Å²) in [6, 6.07) is 10.4. The molecular weight excluding hydrogens is 521 g/mol. The molecule has 0 aliphatic rings. The number of hydrogen-bond donors (Lipinski definition) is 1. The zero-order valence-corrected chi connectivity index (χ0v) is 22.3. The molecule has 2 amide bonds. The van der Waals surface area contributed by atoms with Gasteiger partial charge >= 0.3 is 0 Å². The highest BCUT2D eigenvalue weighted by atomic mass is 35.5. The summed E-state index contributed by atoms with van der Waals surface area (Å²) in [5.74, 6) is -0.888. The van der Waals surface area contributed by atoms with Gasteiger partial charge in [-0.2, -0.15) is 0 Å². The Bertz CT molecular complexity index is 1110. The first-order chi connectivity index (χ1) is 16.0. The second-order valence-electron chi connectivity index (χ2n) is 7.73. The van der Waals surface area contributed by atoms with Crippen LogP contribution in [0.5, 0.6) is 0 Å². The maximum absolute atomic E-state index is 13.6. The van der Waals surface area contributed by atoms with E-state index in [9.17, 15) is 18.0 Å². The Morgan fingerprint density at radius 1 is 1.03 bits per heavy atom. The fourth-order valence-corrected chi connectivity index (χ4v) is 4.94. The Hall–Kier alpha value is -2.00. The number of hydrogen-bond acceptors (Lipinski definition) is 4. The maximum atomic E-state index is 13.6. The molecule has 1 N–H and O–H groups in total. The molecule has 0 spiro atoms. The zero-order chi connectivity index (χ0) is 25.5. The molecule has 0 heterocycles. The highest BCUT2D eigenvalue weighted by Crippen LogP contribution is 2.28. The van der Waals surface area contributed by atoms with Crippen LogP contribution in [0, 0.1) is 0 Å². The third-order valence-electron chi connectivity index (χ3n) is 5.05. The van der Waals surface area contributed by atoms with Crippen molar-refractivity contribution in [1.29, 1.82) is 0 Å². The summed E-state index contributed by atoms with van der Waals surface area (Å²) in [5, 5.41) is 3.70. The van der Waals surface area contributed by atoms with E-state index in [0.29, 0.717) is 23.6 Å². The van der Waals surface area contributed by atoms with Gasteiger partial charge in [0.1, 0.15) is 12.6 Å². The smallest absolute Gasteiger partial charge is 0.244 e. The Balaban J connectivity index is 2.47. The Kier molecular flexibility index (Phi) is 10.5. The van der Waals surface area contributed by atoms with Gasteiger partial charge in [-0.3, -0.25) is 13.9 Å². The van der Waals surface area contributed by atoms with E-state index in [1.165, 1.54) is 23.1 Å². The van der Waals surface area contributed by atoms with E-state index in [1.807, 2.05) is 6.92 Å². The largest absolute Gasteiger partial charge is 0.354 e. The summed E-state index contributed by atoms with van der Waals surface area (Å²) in [7, 11) is -3.89. The molecule has 7 nitrogen and oxygen atoms in total. The summed E-state index contributed by atoms with van der Waals surface area (Å²) in [4.78, 5) is 27.8. The van der Waals surface area contributed by atoms with Crippen LogP contribution in [0.15, 0.2) is 42.5 Å². The van der Waals surface area contributed by atoms with Crippen LogP contribution in [-0.2, 0) is 26.2 Å². The lowest BCUT2D eigenvalue weighted by molar-refractivity contribution is -0.140. The monoisotopic (exact) mass is 547 g/mol. The number of anilines is 1. The van der Waals surface area contributed by atoms with Crippen molar-refractivity contribution in [2.24, 2.45) is 0 Å². The molecule has 0 aliphatic carbocycles. The minimum Gasteiger partial charge on any atom is -0.354 e. The molecule has 2 rings (SSSR count). The fraction of sp³-hybridized carbons (Fsp3) is 0.391. The van der Waals surface area contributed by atoms with Gasteiger partial charge in [0.15, 0.2) is 0 Å². The lowest BCUT2D eigenvalue weighted by atomic mass is 10.1. The number of rotatable bonds is 11. The van der Waals surface area contributed by atoms with E-state index in [-0.39, 0.29) is 28.2 Å². The Morgan fingerprint density at radius 3 is 2.18 bits per heavy atom. The highest BCUT2D eigenvalue weighted by Gasteiger charge is 2.32. The average Bonchev–Trinajstić information content (AvgIpc) is 2.75. The van der Waals surface area contributed by atoms with Gasteiger partial charge in [-0.1, -0.05) is 66.8 Å². The molecule has 0 saturated heterocycles. The summed E-state index contributed by atoms with van der Waals surface area (Å²) in [6.07, 6.45) is 2.05. The van der Waals surface area contributed by atoms with Gasteiger partial charge in [0.25, 0.3) is 0 Å². The van der Waals surface area contributed by atoms with Gasteiger partial charge in [0.2, 0.25) is 21.8 Å². The van der Waals surface area contributed by atoms with Gasteiger partial charge in [0.05, 0.1) is 11.9 Å². The lowest BCUT2D eigenvalue weighted by Gasteiger charge is -2.33. The number of amides is 2. The summed E-state index contributed by atoms with van der Waals surface area (Å²) in [6.45, 7) is 3.66.